The third-order valence-electron chi connectivity index (χ3n) is 4.22. The number of imide groups is 1. The molecule has 2 fully saturated rings. The summed E-state index contributed by atoms with van der Waals surface area (Å²) in [5.74, 6) is -0.388. The summed E-state index contributed by atoms with van der Waals surface area (Å²) in [7, 11) is 0. The van der Waals surface area contributed by atoms with Gasteiger partial charge in [-0.25, -0.2) is 4.79 Å². The van der Waals surface area contributed by atoms with Crippen molar-refractivity contribution in [2.45, 2.75) is 37.7 Å². The standard InChI is InChI=1S/C16H19N3O3/c20-14-13(10-12-4-8-17-9-5-12)18-15(21)19(14)11-16(22)6-2-1-3-7-16/h4-5,8-10,22H,1-3,6-7,11H2,(H,18,21). The van der Waals surface area contributed by atoms with E-state index in [1.165, 1.54) is 0 Å². The average molecular weight is 301 g/mol. The first-order valence-electron chi connectivity index (χ1n) is 7.54. The van der Waals surface area contributed by atoms with Gasteiger partial charge in [-0.2, -0.15) is 0 Å². The van der Waals surface area contributed by atoms with Gasteiger partial charge in [0, 0.05) is 12.4 Å². The second-order valence-corrected chi connectivity index (χ2v) is 5.95. The molecular weight excluding hydrogens is 282 g/mol. The number of amides is 3. The second kappa shape index (κ2) is 5.88. The lowest BCUT2D eigenvalue weighted by atomic mass is 9.84. The van der Waals surface area contributed by atoms with Crippen LogP contribution in [0.3, 0.4) is 0 Å². The number of carbonyl (C=O) groups is 2. The van der Waals surface area contributed by atoms with Crippen molar-refractivity contribution in [2.75, 3.05) is 6.54 Å². The molecule has 3 amide bonds. The number of pyridine rings is 1. The molecule has 0 spiro atoms. The first-order valence-corrected chi connectivity index (χ1v) is 7.54. The predicted molar refractivity (Wildman–Crippen MR) is 80.5 cm³/mol. The van der Waals surface area contributed by atoms with E-state index < -0.39 is 11.6 Å². The topological polar surface area (TPSA) is 82.5 Å². The van der Waals surface area contributed by atoms with Crippen molar-refractivity contribution >= 4 is 18.0 Å². The number of nitrogens with zero attached hydrogens (tertiary/aromatic N) is 2. The minimum atomic E-state index is -0.947. The van der Waals surface area contributed by atoms with Gasteiger partial charge >= 0.3 is 6.03 Å². The van der Waals surface area contributed by atoms with Crippen molar-refractivity contribution in [3.63, 3.8) is 0 Å². The third-order valence-corrected chi connectivity index (χ3v) is 4.22. The Balaban J connectivity index is 1.76. The van der Waals surface area contributed by atoms with Crippen LogP contribution in [0.5, 0.6) is 0 Å². The zero-order chi connectivity index (χ0) is 15.6. The van der Waals surface area contributed by atoms with Crippen molar-refractivity contribution in [3.8, 4) is 0 Å². The number of β-amino-alcohol motifs (C(OH)–C–C–N with tert-alkyl or cyclic N) is 1. The fourth-order valence-corrected chi connectivity index (χ4v) is 3.00. The van der Waals surface area contributed by atoms with E-state index in [-0.39, 0.29) is 18.1 Å². The maximum atomic E-state index is 12.4. The van der Waals surface area contributed by atoms with Crippen LogP contribution in [0.2, 0.25) is 0 Å². The summed E-state index contributed by atoms with van der Waals surface area (Å²) in [4.78, 5) is 29.4. The van der Waals surface area contributed by atoms with E-state index in [1.807, 2.05) is 0 Å². The molecule has 22 heavy (non-hydrogen) atoms. The van der Waals surface area contributed by atoms with Gasteiger partial charge in [-0.05, 0) is 36.6 Å². The third kappa shape index (κ3) is 3.01. The van der Waals surface area contributed by atoms with Crippen LogP contribution in [-0.4, -0.2) is 39.1 Å². The molecule has 1 aromatic heterocycles. The van der Waals surface area contributed by atoms with Crippen LogP contribution in [0.1, 0.15) is 37.7 Å². The van der Waals surface area contributed by atoms with Crippen LogP contribution < -0.4 is 5.32 Å². The highest BCUT2D eigenvalue weighted by atomic mass is 16.3. The number of aromatic nitrogens is 1. The van der Waals surface area contributed by atoms with Crippen LogP contribution in [0, 0.1) is 0 Å². The molecule has 6 nitrogen and oxygen atoms in total. The fraction of sp³-hybridized carbons (Fsp3) is 0.438. The van der Waals surface area contributed by atoms with Gasteiger partial charge in [-0.3, -0.25) is 14.7 Å². The van der Waals surface area contributed by atoms with Crippen LogP contribution in [0.25, 0.3) is 6.08 Å². The molecule has 116 valence electrons. The Morgan fingerprint density at radius 3 is 2.59 bits per heavy atom. The highest BCUT2D eigenvalue weighted by molar-refractivity contribution is 6.14. The number of carbonyl (C=O) groups excluding carboxylic acids is 2. The highest BCUT2D eigenvalue weighted by Crippen LogP contribution is 2.30. The molecule has 1 aromatic rings. The van der Waals surface area contributed by atoms with Crippen molar-refractivity contribution in [1.82, 2.24) is 15.2 Å². The Labute approximate surface area is 128 Å². The average Bonchev–Trinajstić information content (AvgIpc) is 2.76. The SMILES string of the molecule is O=C1NC(=Cc2ccncc2)C(=O)N1CC1(O)CCCCC1. The zero-order valence-corrected chi connectivity index (χ0v) is 12.3. The number of nitrogens with one attached hydrogen (secondary N) is 1. The maximum absolute atomic E-state index is 12.4. The number of aliphatic hydroxyl groups is 1. The molecule has 0 atom stereocenters. The van der Waals surface area contributed by atoms with E-state index in [2.05, 4.69) is 10.3 Å². The quantitative estimate of drug-likeness (QED) is 0.657. The van der Waals surface area contributed by atoms with E-state index in [9.17, 15) is 14.7 Å². The van der Waals surface area contributed by atoms with E-state index in [4.69, 9.17) is 0 Å². The summed E-state index contributed by atoms with van der Waals surface area (Å²) in [5.41, 5.74) is 0.0738. The molecule has 6 heteroatoms. The molecule has 1 aliphatic heterocycles. The minimum Gasteiger partial charge on any atom is -0.388 e. The first-order chi connectivity index (χ1) is 10.6. The summed E-state index contributed by atoms with van der Waals surface area (Å²) < 4.78 is 0. The van der Waals surface area contributed by atoms with Gasteiger partial charge in [0.25, 0.3) is 5.91 Å². The van der Waals surface area contributed by atoms with Crippen molar-refractivity contribution in [3.05, 3.63) is 35.8 Å². The number of hydrogen-bond donors (Lipinski definition) is 2. The molecule has 3 rings (SSSR count). The monoisotopic (exact) mass is 301 g/mol. The lowest BCUT2D eigenvalue weighted by Gasteiger charge is -2.34. The van der Waals surface area contributed by atoms with E-state index in [1.54, 1.807) is 30.6 Å². The molecule has 1 saturated heterocycles. The molecule has 0 radical (unpaired) electrons. The van der Waals surface area contributed by atoms with Crippen molar-refractivity contribution in [1.29, 1.82) is 0 Å². The van der Waals surface area contributed by atoms with Gasteiger partial charge in [0.2, 0.25) is 0 Å². The number of urea groups is 1. The highest BCUT2D eigenvalue weighted by Gasteiger charge is 2.40. The molecule has 1 aliphatic carbocycles. The number of rotatable bonds is 3. The molecular formula is C16H19N3O3. The molecule has 2 aliphatic rings. The van der Waals surface area contributed by atoms with Crippen molar-refractivity contribution < 1.29 is 14.7 Å². The molecule has 0 unspecified atom stereocenters. The molecule has 0 aromatic carbocycles. The van der Waals surface area contributed by atoms with Gasteiger partial charge in [-0.15, -0.1) is 0 Å². The predicted octanol–water partition coefficient (Wildman–Crippen LogP) is 1.67. The van der Waals surface area contributed by atoms with E-state index >= 15 is 0 Å². The lowest BCUT2D eigenvalue weighted by molar-refractivity contribution is -0.126. The smallest absolute Gasteiger partial charge is 0.329 e. The molecule has 2 N–H and O–H groups in total. The largest absolute Gasteiger partial charge is 0.388 e. The summed E-state index contributed by atoms with van der Waals surface area (Å²) in [6, 6.07) is 3.04. The van der Waals surface area contributed by atoms with Gasteiger partial charge in [0.1, 0.15) is 5.70 Å². The zero-order valence-electron chi connectivity index (χ0n) is 12.3. The Hall–Kier alpha value is -2.21. The van der Waals surface area contributed by atoms with Crippen molar-refractivity contribution in [2.24, 2.45) is 0 Å². The molecule has 1 saturated carbocycles. The summed E-state index contributed by atoms with van der Waals surface area (Å²) in [5, 5.41) is 13.1. The Morgan fingerprint density at radius 2 is 1.91 bits per heavy atom. The van der Waals surface area contributed by atoms with Gasteiger partial charge in [0.15, 0.2) is 0 Å². The number of hydrogen-bond acceptors (Lipinski definition) is 4. The molecule has 2 heterocycles. The lowest BCUT2D eigenvalue weighted by Crippen LogP contribution is -2.47. The first kappa shape index (κ1) is 14.7. The summed E-state index contributed by atoms with van der Waals surface area (Å²) in [6.07, 6.45) is 9.08. The Bertz CT molecular complexity index is 606. The van der Waals surface area contributed by atoms with Gasteiger partial charge in [-0.1, -0.05) is 19.3 Å². The Morgan fingerprint density at radius 1 is 1.23 bits per heavy atom. The molecule has 0 bridgehead atoms. The van der Waals surface area contributed by atoms with Gasteiger partial charge < -0.3 is 10.4 Å². The van der Waals surface area contributed by atoms with Crippen LogP contribution in [0.4, 0.5) is 4.79 Å². The van der Waals surface area contributed by atoms with Crippen LogP contribution >= 0.6 is 0 Å². The van der Waals surface area contributed by atoms with Gasteiger partial charge in [0.05, 0.1) is 12.1 Å². The Kier molecular flexibility index (Phi) is 3.94. The van der Waals surface area contributed by atoms with Crippen LogP contribution in [-0.2, 0) is 4.79 Å². The van der Waals surface area contributed by atoms with E-state index in [0.29, 0.717) is 12.8 Å². The van der Waals surface area contributed by atoms with E-state index in [0.717, 1.165) is 29.7 Å². The maximum Gasteiger partial charge on any atom is 0.329 e. The minimum absolute atomic E-state index is 0.0609. The fourth-order valence-electron chi connectivity index (χ4n) is 3.00. The summed E-state index contributed by atoms with van der Waals surface area (Å²) >= 11 is 0. The van der Waals surface area contributed by atoms with Crippen LogP contribution in [0.15, 0.2) is 30.2 Å². The summed E-state index contributed by atoms with van der Waals surface area (Å²) in [6.45, 7) is 0.0609. The second-order valence-electron chi connectivity index (χ2n) is 5.95. The normalized spacial score (nSPS) is 23.0.